The average Bonchev–Trinajstić information content (AvgIpc) is 2.60. The van der Waals surface area contributed by atoms with Gasteiger partial charge >= 0.3 is 6.18 Å². The number of nitrogens with zero attached hydrogens (tertiary/aromatic N) is 2. The fourth-order valence-corrected chi connectivity index (χ4v) is 3.77. The predicted octanol–water partition coefficient (Wildman–Crippen LogP) is 1.44. The van der Waals surface area contributed by atoms with Crippen molar-refractivity contribution in [2.24, 2.45) is 5.73 Å². The van der Waals surface area contributed by atoms with E-state index in [4.69, 9.17) is 22.0 Å². The van der Waals surface area contributed by atoms with Gasteiger partial charge in [-0.15, -0.1) is 0 Å². The highest BCUT2D eigenvalue weighted by molar-refractivity contribution is 8.02. The van der Waals surface area contributed by atoms with Gasteiger partial charge in [-0.3, -0.25) is 9.19 Å². The fourth-order valence-electron chi connectivity index (χ4n) is 2.41. The molecule has 11 heteroatoms. The number of hydrogen-bond acceptors (Lipinski definition) is 7. The van der Waals surface area contributed by atoms with Crippen molar-refractivity contribution < 1.29 is 22.5 Å². The molecule has 0 spiro atoms. The molecule has 0 unspecified atom stereocenters. The van der Waals surface area contributed by atoms with Crippen LogP contribution in [0.15, 0.2) is 41.7 Å². The van der Waals surface area contributed by atoms with Crippen LogP contribution in [0.25, 0.3) is 5.70 Å². The highest BCUT2D eigenvalue weighted by Gasteiger charge is 2.34. The number of nitrogens with two attached hydrogens (primary N) is 2. The second-order valence-electron chi connectivity index (χ2n) is 6.15. The van der Waals surface area contributed by atoms with E-state index in [9.17, 15) is 17.4 Å². The Morgan fingerprint density at radius 1 is 1.32 bits per heavy atom. The molecule has 0 radical (unpaired) electrons. The molecule has 0 aromatic carbocycles. The number of hydrogen-bond donors (Lipinski definition) is 5. The van der Waals surface area contributed by atoms with E-state index in [1.54, 1.807) is 0 Å². The Hall–Kier alpha value is -2.79. The second-order valence-corrected chi connectivity index (χ2v) is 9.31. The number of anilines is 1. The molecule has 0 aliphatic heterocycles. The van der Waals surface area contributed by atoms with Crippen LogP contribution >= 0.6 is 0 Å². The molecule has 0 amide bonds. The van der Waals surface area contributed by atoms with Crippen LogP contribution in [0, 0.1) is 5.41 Å². The summed E-state index contributed by atoms with van der Waals surface area (Å²) >= 11 is 0. The van der Waals surface area contributed by atoms with Gasteiger partial charge < -0.3 is 22.0 Å². The van der Waals surface area contributed by atoms with E-state index in [1.165, 1.54) is 24.7 Å². The summed E-state index contributed by atoms with van der Waals surface area (Å²) < 4.78 is 52.2. The molecule has 2 aromatic heterocycles. The van der Waals surface area contributed by atoms with Crippen LogP contribution in [0.2, 0.25) is 0 Å². The largest absolute Gasteiger partial charge is 0.417 e. The van der Waals surface area contributed by atoms with Crippen molar-refractivity contribution in [3.8, 4) is 0 Å². The van der Waals surface area contributed by atoms with Crippen molar-refractivity contribution >= 4 is 27.2 Å². The lowest BCUT2D eigenvalue weighted by atomic mass is 10.0. The molecule has 2 heterocycles. The van der Waals surface area contributed by atoms with Gasteiger partial charge in [0.05, 0.1) is 17.9 Å². The van der Waals surface area contributed by atoms with E-state index in [-0.39, 0.29) is 35.1 Å². The zero-order valence-electron chi connectivity index (χ0n) is 14.9. The van der Waals surface area contributed by atoms with Gasteiger partial charge in [0.25, 0.3) is 0 Å². The number of aliphatic hydroxyl groups is 1. The van der Waals surface area contributed by atoms with Gasteiger partial charge in [-0.05, 0) is 24.5 Å². The summed E-state index contributed by atoms with van der Waals surface area (Å²) in [5.41, 5.74) is 9.32. The molecule has 152 valence electrons. The lowest BCUT2D eigenvalue weighted by molar-refractivity contribution is -0.137. The number of nitrogen functional groups attached to an aromatic ring is 1. The molecular weight excluding hydrogens is 395 g/mol. The quantitative estimate of drug-likeness (QED) is 0.357. The summed E-state index contributed by atoms with van der Waals surface area (Å²) in [4.78, 5) is 7.91. The third kappa shape index (κ3) is 4.93. The number of nitrogens with one attached hydrogen (secondary N) is 1. The van der Waals surface area contributed by atoms with Gasteiger partial charge in [-0.2, -0.15) is 13.2 Å². The van der Waals surface area contributed by atoms with Crippen LogP contribution < -0.4 is 11.5 Å². The highest BCUT2D eigenvalue weighted by atomic mass is 32.2. The Bertz CT molecular complexity index is 976. The van der Waals surface area contributed by atoms with Crippen molar-refractivity contribution in [2.45, 2.75) is 11.1 Å². The van der Waals surface area contributed by atoms with E-state index >= 15 is 0 Å². The number of halogens is 3. The summed E-state index contributed by atoms with van der Waals surface area (Å²) in [7, 11) is -2.87. The van der Waals surface area contributed by atoms with Crippen molar-refractivity contribution in [1.82, 2.24) is 9.97 Å². The lowest BCUT2D eigenvalue weighted by Crippen LogP contribution is -2.18. The number of allylic oxidation sites excluding steroid dienone is 1. The van der Waals surface area contributed by atoms with Gasteiger partial charge in [-0.1, -0.05) is 9.93 Å². The van der Waals surface area contributed by atoms with Gasteiger partial charge in [0.15, 0.2) is 0 Å². The number of alkyl halides is 3. The second kappa shape index (κ2) is 8.07. The SMILES string of the molecule is C[SH](=O)(CCO)c1cncc(C(=N)/C=C(\N)c2cnc(N)cc2C(F)(F)F)c1. The lowest BCUT2D eigenvalue weighted by Gasteiger charge is -2.18. The number of thiol groups is 1. The van der Waals surface area contributed by atoms with Crippen LogP contribution in [0.4, 0.5) is 19.0 Å². The zero-order valence-corrected chi connectivity index (χ0v) is 15.8. The third-order valence-corrected chi connectivity index (χ3v) is 6.34. The molecule has 0 atom stereocenters. The van der Waals surface area contributed by atoms with Crippen LogP contribution in [-0.4, -0.2) is 43.6 Å². The summed E-state index contributed by atoms with van der Waals surface area (Å²) in [5.74, 6) is -0.256. The number of aromatic nitrogens is 2. The Labute approximate surface area is 160 Å². The van der Waals surface area contributed by atoms with Crippen LogP contribution in [-0.2, 0) is 16.1 Å². The predicted molar refractivity (Wildman–Crippen MR) is 103 cm³/mol. The number of pyridine rings is 2. The summed E-state index contributed by atoms with van der Waals surface area (Å²) in [5, 5.41) is 17.1. The normalized spacial score (nSPS) is 13.4. The number of aliphatic hydroxyl groups excluding tert-OH is 1. The minimum absolute atomic E-state index is 0.0511. The maximum absolute atomic E-state index is 13.2. The number of rotatable bonds is 6. The van der Waals surface area contributed by atoms with Crippen molar-refractivity contribution in [3.63, 3.8) is 0 Å². The molecule has 2 rings (SSSR count). The fraction of sp³-hybridized carbons (Fsp3) is 0.235. The van der Waals surface area contributed by atoms with Gasteiger partial charge in [0.1, 0.15) is 5.82 Å². The smallest absolute Gasteiger partial charge is 0.398 e. The van der Waals surface area contributed by atoms with Gasteiger partial charge in [-0.25, -0.2) is 4.98 Å². The van der Waals surface area contributed by atoms with E-state index in [0.29, 0.717) is 11.0 Å². The van der Waals surface area contributed by atoms with E-state index in [1.807, 2.05) is 0 Å². The van der Waals surface area contributed by atoms with Crippen LogP contribution in [0.5, 0.6) is 0 Å². The highest BCUT2D eigenvalue weighted by Crippen LogP contribution is 2.34. The summed E-state index contributed by atoms with van der Waals surface area (Å²) in [6.45, 7) is -0.271. The molecule has 28 heavy (non-hydrogen) atoms. The maximum Gasteiger partial charge on any atom is 0.417 e. The standard InChI is InChI=1S/C17H20F3N5O2S/c1-28(27,3-2-26)11-4-10(7-24-8-11)14(21)6-15(22)12-9-25-16(23)5-13(12)17(18,19)20/h4-9,21,26,28H,2-3,22H2,1H3,(H2,23,25)/b15-6-,21-14?. The van der Waals surface area contributed by atoms with Crippen LogP contribution in [0.3, 0.4) is 0 Å². The molecule has 0 fully saturated rings. The Morgan fingerprint density at radius 3 is 2.61 bits per heavy atom. The first-order valence-corrected chi connectivity index (χ1v) is 10.3. The minimum Gasteiger partial charge on any atom is -0.398 e. The molecule has 0 saturated carbocycles. The summed E-state index contributed by atoms with van der Waals surface area (Å²) in [6.07, 6.45) is 1.39. The summed E-state index contributed by atoms with van der Waals surface area (Å²) in [6, 6.07) is 2.12. The molecule has 7 nitrogen and oxygen atoms in total. The first kappa shape index (κ1) is 21.5. The Balaban J connectivity index is 2.42. The first-order chi connectivity index (χ1) is 13.0. The maximum atomic E-state index is 13.2. The average molecular weight is 415 g/mol. The molecular formula is C17H20F3N5O2S. The van der Waals surface area contributed by atoms with Crippen LogP contribution in [0.1, 0.15) is 16.7 Å². The Kier molecular flexibility index (Phi) is 6.20. The van der Waals surface area contributed by atoms with Gasteiger partial charge in [0.2, 0.25) is 0 Å². The zero-order chi connectivity index (χ0) is 21.1. The van der Waals surface area contributed by atoms with Crippen molar-refractivity contribution in [2.75, 3.05) is 24.3 Å². The van der Waals surface area contributed by atoms with Crippen molar-refractivity contribution in [3.05, 3.63) is 53.5 Å². The van der Waals surface area contributed by atoms with Crippen molar-refractivity contribution in [1.29, 1.82) is 5.41 Å². The molecule has 0 aliphatic rings. The van der Waals surface area contributed by atoms with E-state index in [0.717, 1.165) is 12.3 Å². The molecule has 0 saturated heterocycles. The molecule has 0 aliphatic carbocycles. The van der Waals surface area contributed by atoms with E-state index < -0.39 is 27.2 Å². The molecule has 2 aromatic rings. The third-order valence-electron chi connectivity index (χ3n) is 3.95. The molecule has 6 N–H and O–H groups in total. The first-order valence-electron chi connectivity index (χ1n) is 7.98. The van der Waals surface area contributed by atoms with E-state index in [2.05, 4.69) is 9.97 Å². The van der Waals surface area contributed by atoms with Gasteiger partial charge in [0, 0.05) is 46.1 Å². The monoisotopic (exact) mass is 415 g/mol. The molecule has 0 bridgehead atoms. The topological polar surface area (TPSA) is 139 Å². The Morgan fingerprint density at radius 2 is 2.00 bits per heavy atom. The minimum atomic E-state index is -4.70.